The van der Waals surface area contributed by atoms with Gasteiger partial charge in [-0.1, -0.05) is 23.2 Å². The van der Waals surface area contributed by atoms with E-state index in [1.54, 1.807) is 12.1 Å². The van der Waals surface area contributed by atoms with Crippen molar-refractivity contribution in [3.8, 4) is 5.75 Å². The van der Waals surface area contributed by atoms with Gasteiger partial charge in [0.15, 0.2) is 16.4 Å². The summed E-state index contributed by atoms with van der Waals surface area (Å²) in [5, 5.41) is 17.2. The molecule has 1 amide bonds. The Balaban J connectivity index is 1.84. The number of hydrogen-bond donors (Lipinski definition) is 2. The Labute approximate surface area is 177 Å². The van der Waals surface area contributed by atoms with Crippen LogP contribution >= 0.6 is 23.2 Å². The molecule has 0 aliphatic carbocycles. The Hall–Kier alpha value is -2.56. The molecule has 0 heterocycles. The van der Waals surface area contributed by atoms with E-state index in [4.69, 9.17) is 27.9 Å². The summed E-state index contributed by atoms with van der Waals surface area (Å²) in [6.45, 7) is 0.0906. The van der Waals surface area contributed by atoms with Gasteiger partial charge in [0.05, 0.1) is 19.9 Å². The predicted octanol–water partition coefficient (Wildman–Crippen LogP) is 2.91. The van der Waals surface area contributed by atoms with Gasteiger partial charge in [0.2, 0.25) is 0 Å². The zero-order valence-electron chi connectivity index (χ0n) is 15.1. The van der Waals surface area contributed by atoms with Crippen molar-refractivity contribution < 1.29 is 22.9 Å². The van der Waals surface area contributed by atoms with Crippen molar-refractivity contribution in [2.45, 2.75) is 4.90 Å². The zero-order valence-corrected chi connectivity index (χ0v) is 17.5. The third-order valence-corrected chi connectivity index (χ3v) is 5.47. The number of benzene rings is 2. The number of nitro groups is 1. The van der Waals surface area contributed by atoms with Crippen LogP contribution in [0.25, 0.3) is 0 Å². The number of sulfone groups is 1. The highest BCUT2D eigenvalue weighted by Crippen LogP contribution is 2.27. The fourth-order valence-corrected chi connectivity index (χ4v) is 3.14. The smallest absolute Gasteiger partial charge is 0.293 e. The molecule has 0 radical (unpaired) electrons. The van der Waals surface area contributed by atoms with Gasteiger partial charge in [0.1, 0.15) is 11.4 Å². The van der Waals surface area contributed by atoms with Crippen LogP contribution in [-0.2, 0) is 14.6 Å². The van der Waals surface area contributed by atoms with E-state index in [1.165, 1.54) is 18.2 Å². The number of nitro benzene ring substituents is 1. The average Bonchev–Trinajstić information content (AvgIpc) is 2.65. The molecular weight excluding hydrogens is 445 g/mol. The Bertz CT molecular complexity index is 1030. The van der Waals surface area contributed by atoms with E-state index in [0.29, 0.717) is 15.8 Å². The average molecular weight is 462 g/mol. The van der Waals surface area contributed by atoms with E-state index in [1.807, 2.05) is 0 Å². The van der Waals surface area contributed by atoms with Crippen molar-refractivity contribution in [1.29, 1.82) is 0 Å². The van der Waals surface area contributed by atoms with E-state index in [0.717, 1.165) is 12.3 Å². The second-order valence-corrected chi connectivity index (χ2v) is 8.68. The fraction of sp³-hybridized carbons (Fsp3) is 0.235. The minimum absolute atomic E-state index is 0.142. The molecular formula is C17H17Cl2N3O6S. The highest BCUT2D eigenvalue weighted by molar-refractivity contribution is 7.90. The molecule has 0 unspecified atom stereocenters. The zero-order chi connectivity index (χ0) is 21.6. The number of rotatable bonds is 9. The van der Waals surface area contributed by atoms with Crippen molar-refractivity contribution in [2.75, 3.05) is 31.3 Å². The lowest BCUT2D eigenvalue weighted by Crippen LogP contribution is -2.32. The molecule has 156 valence electrons. The molecule has 0 saturated heterocycles. The molecule has 0 bridgehead atoms. The lowest BCUT2D eigenvalue weighted by Gasteiger charge is -2.10. The molecule has 0 spiro atoms. The van der Waals surface area contributed by atoms with Gasteiger partial charge in [-0.2, -0.15) is 0 Å². The van der Waals surface area contributed by atoms with Crippen molar-refractivity contribution in [3.05, 3.63) is 56.6 Å². The van der Waals surface area contributed by atoms with Gasteiger partial charge < -0.3 is 15.4 Å². The third-order valence-electron chi connectivity index (χ3n) is 3.62. The first-order valence-electron chi connectivity index (χ1n) is 8.15. The number of nitrogens with zero attached hydrogens (tertiary/aromatic N) is 1. The highest BCUT2D eigenvalue weighted by atomic mass is 35.5. The lowest BCUT2D eigenvalue weighted by atomic mass is 10.2. The number of carbonyl (C=O) groups excluding carboxylic acids is 1. The molecule has 0 fully saturated rings. The number of ether oxygens (including phenoxy) is 1. The number of nitrogens with one attached hydrogen (secondary N) is 2. The van der Waals surface area contributed by atoms with Crippen LogP contribution in [0.15, 0.2) is 41.3 Å². The van der Waals surface area contributed by atoms with Crippen LogP contribution in [0, 0.1) is 10.1 Å². The van der Waals surface area contributed by atoms with E-state index in [-0.39, 0.29) is 36.0 Å². The summed E-state index contributed by atoms with van der Waals surface area (Å²) < 4.78 is 28.4. The summed E-state index contributed by atoms with van der Waals surface area (Å²) in [6.07, 6.45) is 0.967. The van der Waals surface area contributed by atoms with E-state index in [2.05, 4.69) is 10.6 Å². The molecule has 2 N–H and O–H groups in total. The van der Waals surface area contributed by atoms with Crippen molar-refractivity contribution in [3.63, 3.8) is 0 Å². The largest absolute Gasteiger partial charge is 0.484 e. The first-order valence-corrected chi connectivity index (χ1v) is 10.8. The van der Waals surface area contributed by atoms with Crippen LogP contribution in [0.1, 0.15) is 0 Å². The maximum Gasteiger partial charge on any atom is 0.293 e. The first-order chi connectivity index (χ1) is 13.6. The molecule has 0 aliphatic rings. The first kappa shape index (κ1) is 22.7. The van der Waals surface area contributed by atoms with E-state index >= 15 is 0 Å². The number of hydrogen-bond acceptors (Lipinski definition) is 7. The van der Waals surface area contributed by atoms with Crippen LogP contribution in [-0.4, -0.2) is 45.2 Å². The Morgan fingerprint density at radius 1 is 1.14 bits per heavy atom. The Morgan fingerprint density at radius 2 is 1.86 bits per heavy atom. The van der Waals surface area contributed by atoms with E-state index in [9.17, 15) is 23.3 Å². The van der Waals surface area contributed by atoms with Crippen LogP contribution in [0.5, 0.6) is 5.75 Å². The summed E-state index contributed by atoms with van der Waals surface area (Å²) in [5.74, 6) is -0.0194. The lowest BCUT2D eigenvalue weighted by molar-refractivity contribution is -0.384. The maximum atomic E-state index is 11.8. The van der Waals surface area contributed by atoms with Gasteiger partial charge in [-0.15, -0.1) is 0 Å². The monoisotopic (exact) mass is 461 g/mol. The summed E-state index contributed by atoms with van der Waals surface area (Å²) in [7, 11) is -3.57. The summed E-state index contributed by atoms with van der Waals surface area (Å²) >= 11 is 11.7. The fourth-order valence-electron chi connectivity index (χ4n) is 2.21. The number of anilines is 1. The quantitative estimate of drug-likeness (QED) is 0.333. The molecule has 2 aromatic rings. The molecule has 9 nitrogen and oxygen atoms in total. The van der Waals surface area contributed by atoms with Crippen molar-refractivity contribution in [2.24, 2.45) is 0 Å². The minimum atomic E-state index is -3.57. The van der Waals surface area contributed by atoms with Crippen molar-refractivity contribution in [1.82, 2.24) is 5.32 Å². The number of carbonyl (C=O) groups is 1. The van der Waals surface area contributed by atoms with Crippen molar-refractivity contribution >= 4 is 50.3 Å². The number of halogens is 2. The van der Waals surface area contributed by atoms with Gasteiger partial charge in [-0.3, -0.25) is 14.9 Å². The van der Waals surface area contributed by atoms with Gasteiger partial charge in [0, 0.05) is 31.5 Å². The molecule has 2 rings (SSSR count). The van der Waals surface area contributed by atoms with Gasteiger partial charge in [0.25, 0.3) is 11.6 Å². The molecule has 0 aliphatic heterocycles. The second kappa shape index (κ2) is 9.77. The SMILES string of the molecule is CS(=O)(=O)c1ccc(NCCNC(=O)COc2ccc(Cl)c(Cl)c2)c([N+](=O)[O-])c1. The standard InChI is InChI=1S/C17H17Cl2N3O6S/c1-29(26,27)12-3-5-15(16(9-12)22(24)25)20-6-7-21-17(23)10-28-11-2-4-13(18)14(19)8-11/h2-5,8-9,20H,6-7,10H2,1H3,(H,21,23). The van der Waals surface area contributed by atoms with Gasteiger partial charge >= 0.3 is 0 Å². The minimum Gasteiger partial charge on any atom is -0.484 e. The van der Waals surface area contributed by atoms with Crippen LogP contribution in [0.4, 0.5) is 11.4 Å². The summed E-state index contributed by atoms with van der Waals surface area (Å²) in [6, 6.07) is 8.17. The summed E-state index contributed by atoms with van der Waals surface area (Å²) in [5.41, 5.74) is -0.231. The summed E-state index contributed by atoms with van der Waals surface area (Å²) in [4.78, 5) is 22.2. The van der Waals surface area contributed by atoms with Gasteiger partial charge in [-0.25, -0.2) is 8.42 Å². The van der Waals surface area contributed by atoms with Crippen LogP contribution < -0.4 is 15.4 Å². The molecule has 0 aromatic heterocycles. The highest BCUT2D eigenvalue weighted by Gasteiger charge is 2.18. The van der Waals surface area contributed by atoms with E-state index < -0.39 is 20.7 Å². The maximum absolute atomic E-state index is 11.8. The second-order valence-electron chi connectivity index (χ2n) is 5.85. The Morgan fingerprint density at radius 3 is 2.48 bits per heavy atom. The van der Waals surface area contributed by atoms with Gasteiger partial charge in [-0.05, 0) is 24.3 Å². The normalized spacial score (nSPS) is 11.0. The van der Waals surface area contributed by atoms with Crippen LogP contribution in [0.2, 0.25) is 10.0 Å². The molecule has 0 atom stereocenters. The predicted molar refractivity (Wildman–Crippen MR) is 110 cm³/mol. The third kappa shape index (κ3) is 6.77. The van der Waals surface area contributed by atoms with Crippen LogP contribution in [0.3, 0.4) is 0 Å². The molecule has 29 heavy (non-hydrogen) atoms. The topological polar surface area (TPSA) is 128 Å². The molecule has 0 saturated carbocycles. The Kier molecular flexibility index (Phi) is 7.66. The molecule has 12 heteroatoms. The number of amides is 1. The molecule has 2 aromatic carbocycles.